The topological polar surface area (TPSA) is 93.1 Å². The Morgan fingerprint density at radius 3 is 2.38 bits per heavy atom. The molecule has 1 aliphatic heterocycles. The van der Waals surface area contributed by atoms with Crippen LogP contribution in [0.1, 0.15) is 19.8 Å². The second-order valence-corrected chi connectivity index (χ2v) is 6.33. The predicted octanol–water partition coefficient (Wildman–Crippen LogP) is -0.788. The quantitative estimate of drug-likeness (QED) is 0.571. The lowest BCUT2D eigenvalue weighted by atomic mass is 9.97. The normalized spacial score (nSPS) is 19.6. The highest BCUT2D eigenvalue weighted by atomic mass is 16.4. The van der Waals surface area contributed by atoms with Gasteiger partial charge in [0.1, 0.15) is 0 Å². The number of likely N-dealkylation sites (N-methyl/N-ethyl adjacent to an activating group) is 1. The molecule has 21 heavy (non-hydrogen) atoms. The maximum atomic E-state index is 12.0. The van der Waals surface area contributed by atoms with E-state index >= 15 is 0 Å². The molecule has 1 heterocycles. The number of carboxylic acid groups (broad SMARTS) is 1. The van der Waals surface area contributed by atoms with E-state index in [9.17, 15) is 14.7 Å². The molecule has 1 unspecified atom stereocenters. The molecular formula is C14H27N3O4. The number of hydrogen-bond acceptors (Lipinski definition) is 5. The van der Waals surface area contributed by atoms with Gasteiger partial charge in [-0.1, -0.05) is 0 Å². The molecule has 0 aromatic rings. The molecule has 0 radical (unpaired) electrons. The number of hydrogen-bond donors (Lipinski definition) is 3. The third-order valence-corrected chi connectivity index (χ3v) is 3.64. The first-order valence-electron chi connectivity index (χ1n) is 7.30. The fraction of sp³-hybridized carbons (Fsp3) is 0.857. The van der Waals surface area contributed by atoms with E-state index in [1.54, 1.807) is 11.8 Å². The van der Waals surface area contributed by atoms with Crippen molar-refractivity contribution < 1.29 is 19.8 Å². The van der Waals surface area contributed by atoms with Gasteiger partial charge in [-0.25, -0.2) is 0 Å². The first-order valence-corrected chi connectivity index (χ1v) is 7.30. The number of carbonyl (C=O) groups is 2. The molecule has 3 N–H and O–H groups in total. The molecule has 1 aliphatic rings. The average Bonchev–Trinajstić information content (AvgIpc) is 2.36. The molecule has 1 rings (SSSR count). The second kappa shape index (κ2) is 7.72. The Bertz CT molecular complexity index is 363. The summed E-state index contributed by atoms with van der Waals surface area (Å²) in [6.45, 7) is 3.72. The van der Waals surface area contributed by atoms with Crippen LogP contribution in [0, 0.1) is 5.92 Å². The average molecular weight is 301 g/mol. The Morgan fingerprint density at radius 1 is 1.33 bits per heavy atom. The number of carboxylic acids is 1. The highest BCUT2D eigenvalue weighted by Crippen LogP contribution is 2.17. The number of carbonyl (C=O) groups excluding carboxylic acids is 1. The molecule has 0 aromatic carbocycles. The van der Waals surface area contributed by atoms with Crippen LogP contribution in [0.5, 0.6) is 0 Å². The summed E-state index contributed by atoms with van der Waals surface area (Å²) in [5.41, 5.74) is -0.889. The molecule has 7 nitrogen and oxygen atoms in total. The molecule has 1 amide bonds. The lowest BCUT2D eigenvalue weighted by Crippen LogP contribution is -2.49. The van der Waals surface area contributed by atoms with Gasteiger partial charge in [0.05, 0.1) is 18.1 Å². The number of rotatable bonds is 7. The Morgan fingerprint density at radius 2 is 1.90 bits per heavy atom. The van der Waals surface area contributed by atoms with Gasteiger partial charge in [-0.2, -0.15) is 0 Å². The molecule has 0 saturated carbocycles. The van der Waals surface area contributed by atoms with E-state index in [-0.39, 0.29) is 18.4 Å². The highest BCUT2D eigenvalue weighted by molar-refractivity contribution is 5.78. The second-order valence-electron chi connectivity index (χ2n) is 6.33. The fourth-order valence-corrected chi connectivity index (χ4v) is 2.66. The van der Waals surface area contributed by atoms with Gasteiger partial charge in [0.2, 0.25) is 5.91 Å². The Kier molecular flexibility index (Phi) is 6.57. The minimum atomic E-state index is -0.889. The minimum Gasteiger partial charge on any atom is -0.481 e. The van der Waals surface area contributed by atoms with Crippen molar-refractivity contribution in [2.45, 2.75) is 25.4 Å². The number of likely N-dealkylation sites (tertiary alicyclic amines) is 1. The summed E-state index contributed by atoms with van der Waals surface area (Å²) in [5.74, 6) is -1.15. The van der Waals surface area contributed by atoms with Gasteiger partial charge in [0.25, 0.3) is 0 Å². The lowest BCUT2D eigenvalue weighted by molar-refractivity contribution is -0.145. The Balaban J connectivity index is 2.27. The van der Waals surface area contributed by atoms with Crippen molar-refractivity contribution in [3.8, 4) is 0 Å². The van der Waals surface area contributed by atoms with Crippen molar-refractivity contribution in [1.82, 2.24) is 15.1 Å². The van der Waals surface area contributed by atoms with Crippen molar-refractivity contribution in [2.75, 3.05) is 46.8 Å². The van der Waals surface area contributed by atoms with E-state index < -0.39 is 11.6 Å². The largest absolute Gasteiger partial charge is 0.481 e. The summed E-state index contributed by atoms with van der Waals surface area (Å²) in [6.07, 6.45) is 1.03. The van der Waals surface area contributed by atoms with Crippen LogP contribution in [0.4, 0.5) is 0 Å². The van der Waals surface area contributed by atoms with Crippen molar-refractivity contribution in [2.24, 2.45) is 5.92 Å². The Labute approximate surface area is 125 Å². The zero-order valence-corrected chi connectivity index (χ0v) is 13.1. The number of aliphatic hydroxyl groups is 1. The van der Waals surface area contributed by atoms with Crippen molar-refractivity contribution in [3.05, 3.63) is 0 Å². The van der Waals surface area contributed by atoms with Crippen molar-refractivity contribution in [3.63, 3.8) is 0 Å². The summed E-state index contributed by atoms with van der Waals surface area (Å²) < 4.78 is 0. The number of aliphatic carboxylic acids is 1. The summed E-state index contributed by atoms with van der Waals surface area (Å²) in [7, 11) is 3.76. The molecule has 1 atom stereocenters. The van der Waals surface area contributed by atoms with Gasteiger partial charge < -0.3 is 25.3 Å². The Hall–Kier alpha value is -1.18. The summed E-state index contributed by atoms with van der Waals surface area (Å²) in [4.78, 5) is 26.4. The van der Waals surface area contributed by atoms with Gasteiger partial charge in [0.15, 0.2) is 0 Å². The van der Waals surface area contributed by atoms with Crippen LogP contribution in [-0.2, 0) is 9.59 Å². The summed E-state index contributed by atoms with van der Waals surface area (Å²) >= 11 is 0. The maximum absolute atomic E-state index is 12.0. The van der Waals surface area contributed by atoms with Crippen LogP contribution in [0.2, 0.25) is 0 Å². The molecular weight excluding hydrogens is 274 g/mol. The van der Waals surface area contributed by atoms with Crippen molar-refractivity contribution >= 4 is 11.9 Å². The van der Waals surface area contributed by atoms with E-state index in [0.717, 1.165) is 0 Å². The standard InChI is InChI=1S/C14H27N3O4/c1-14(21,10-16(2)3)9-15-8-12(18)17-6-4-11(5-7-17)13(19)20/h11,15,21H,4-10H2,1-3H3,(H,19,20). The zero-order chi connectivity index (χ0) is 16.0. The number of piperidine rings is 1. The van der Waals surface area contributed by atoms with E-state index in [4.69, 9.17) is 5.11 Å². The van der Waals surface area contributed by atoms with E-state index in [1.807, 2.05) is 19.0 Å². The van der Waals surface area contributed by atoms with E-state index in [0.29, 0.717) is 39.0 Å². The molecule has 1 fully saturated rings. The third kappa shape index (κ3) is 6.41. The minimum absolute atomic E-state index is 0.0421. The molecule has 0 aromatic heterocycles. The van der Waals surface area contributed by atoms with Gasteiger partial charge in [0, 0.05) is 26.2 Å². The monoisotopic (exact) mass is 301 g/mol. The fourth-order valence-electron chi connectivity index (χ4n) is 2.66. The number of amides is 1. The number of nitrogens with zero attached hydrogens (tertiary/aromatic N) is 2. The third-order valence-electron chi connectivity index (χ3n) is 3.64. The smallest absolute Gasteiger partial charge is 0.306 e. The van der Waals surface area contributed by atoms with Crippen LogP contribution in [-0.4, -0.2) is 84.3 Å². The van der Waals surface area contributed by atoms with E-state index in [1.165, 1.54) is 0 Å². The first kappa shape index (κ1) is 17.9. The van der Waals surface area contributed by atoms with Gasteiger partial charge >= 0.3 is 5.97 Å². The van der Waals surface area contributed by atoms with E-state index in [2.05, 4.69) is 5.32 Å². The molecule has 0 spiro atoms. The van der Waals surface area contributed by atoms with Crippen LogP contribution >= 0.6 is 0 Å². The first-order chi connectivity index (χ1) is 9.71. The summed E-state index contributed by atoms with van der Waals surface area (Å²) in [5, 5.41) is 22.0. The van der Waals surface area contributed by atoms with Gasteiger partial charge in [-0.15, -0.1) is 0 Å². The molecule has 0 bridgehead atoms. The molecule has 1 saturated heterocycles. The van der Waals surface area contributed by atoms with Crippen molar-refractivity contribution in [1.29, 1.82) is 0 Å². The lowest BCUT2D eigenvalue weighted by Gasteiger charge is -2.31. The molecule has 7 heteroatoms. The number of nitrogens with one attached hydrogen (secondary N) is 1. The highest BCUT2D eigenvalue weighted by Gasteiger charge is 2.27. The summed E-state index contributed by atoms with van der Waals surface area (Å²) in [6, 6.07) is 0. The maximum Gasteiger partial charge on any atom is 0.306 e. The zero-order valence-electron chi connectivity index (χ0n) is 13.1. The SMILES string of the molecule is CN(C)CC(C)(O)CNCC(=O)N1CCC(C(=O)O)CC1. The predicted molar refractivity (Wildman–Crippen MR) is 79.0 cm³/mol. The van der Waals surface area contributed by atoms with Crippen LogP contribution in [0.15, 0.2) is 0 Å². The van der Waals surface area contributed by atoms with Crippen LogP contribution in [0.3, 0.4) is 0 Å². The van der Waals surface area contributed by atoms with Gasteiger partial charge in [-0.3, -0.25) is 9.59 Å². The van der Waals surface area contributed by atoms with Crippen LogP contribution < -0.4 is 5.32 Å². The molecule has 122 valence electrons. The van der Waals surface area contributed by atoms with Crippen LogP contribution in [0.25, 0.3) is 0 Å². The van der Waals surface area contributed by atoms with Gasteiger partial charge in [-0.05, 0) is 33.9 Å². The molecule has 0 aliphatic carbocycles.